The van der Waals surface area contributed by atoms with Crippen LogP contribution >= 0.6 is 0 Å². The molecule has 0 saturated carbocycles. The predicted octanol–water partition coefficient (Wildman–Crippen LogP) is 3.47. The molecule has 0 aliphatic heterocycles. The van der Waals surface area contributed by atoms with Crippen LogP contribution in [0.3, 0.4) is 0 Å². The van der Waals surface area contributed by atoms with Gasteiger partial charge in [-0.1, -0.05) is 19.1 Å². The van der Waals surface area contributed by atoms with E-state index in [1.54, 1.807) is 0 Å². The molecule has 0 bridgehead atoms. The summed E-state index contributed by atoms with van der Waals surface area (Å²) in [6.45, 7) is 8.60. The predicted molar refractivity (Wildman–Crippen MR) is 59.5 cm³/mol. The van der Waals surface area contributed by atoms with Crippen LogP contribution in [0, 0.1) is 6.42 Å². The molecule has 0 aliphatic rings. The van der Waals surface area contributed by atoms with Crippen LogP contribution in [-0.2, 0) is 0 Å². The normalized spacial score (nSPS) is 11.4. The van der Waals surface area contributed by atoms with Crippen molar-refractivity contribution >= 4 is 8.32 Å². The Morgan fingerprint density at radius 1 is 1.08 bits per heavy atom. The maximum absolute atomic E-state index is 5.83. The largest absolute Gasteiger partial charge is 0.544 e. The van der Waals surface area contributed by atoms with E-state index in [4.69, 9.17) is 4.43 Å². The first-order valence-electron chi connectivity index (χ1n) is 4.60. The molecule has 0 aliphatic carbocycles. The molecule has 0 heterocycles. The smallest absolute Gasteiger partial charge is 0.242 e. The Bertz CT molecular complexity index is 258. The molecule has 0 amide bonds. The highest BCUT2D eigenvalue weighted by Gasteiger charge is 2.15. The van der Waals surface area contributed by atoms with E-state index in [1.165, 1.54) is 5.56 Å². The zero-order valence-corrected chi connectivity index (χ0v) is 9.79. The Morgan fingerprint density at radius 3 is 2.00 bits per heavy atom. The fourth-order valence-electron chi connectivity index (χ4n) is 1.08. The topological polar surface area (TPSA) is 9.23 Å². The molecule has 71 valence electrons. The summed E-state index contributed by atoms with van der Waals surface area (Å²) in [7, 11) is -1.44. The van der Waals surface area contributed by atoms with Gasteiger partial charge in [0.2, 0.25) is 8.32 Å². The van der Waals surface area contributed by atoms with Crippen LogP contribution in [0.4, 0.5) is 0 Å². The van der Waals surface area contributed by atoms with Gasteiger partial charge in [-0.25, -0.2) is 0 Å². The molecular weight excluding hydrogens is 176 g/mol. The molecule has 0 saturated heterocycles. The van der Waals surface area contributed by atoms with E-state index in [-0.39, 0.29) is 0 Å². The standard InChI is InChI=1S/C11H17OSi/c1-5-10-6-8-11(9-7-10)12-13(2,3)4/h5-9H,1-4H3. The third-order valence-electron chi connectivity index (χ3n) is 1.64. The van der Waals surface area contributed by atoms with Crippen molar-refractivity contribution in [2.24, 2.45) is 0 Å². The first-order chi connectivity index (χ1) is 6.01. The second-order valence-electron chi connectivity index (χ2n) is 4.07. The highest BCUT2D eigenvalue weighted by Crippen LogP contribution is 2.17. The monoisotopic (exact) mass is 193 g/mol. The van der Waals surface area contributed by atoms with Gasteiger partial charge in [0.1, 0.15) is 5.75 Å². The van der Waals surface area contributed by atoms with E-state index in [0.717, 1.165) is 5.75 Å². The molecule has 0 aromatic heterocycles. The van der Waals surface area contributed by atoms with Gasteiger partial charge in [0.05, 0.1) is 0 Å². The maximum atomic E-state index is 5.83. The lowest BCUT2D eigenvalue weighted by Crippen LogP contribution is -2.29. The van der Waals surface area contributed by atoms with Crippen LogP contribution in [0.5, 0.6) is 5.75 Å². The molecule has 1 aromatic rings. The molecule has 2 heteroatoms. The lowest BCUT2D eigenvalue weighted by Gasteiger charge is -2.19. The molecule has 0 spiro atoms. The van der Waals surface area contributed by atoms with Gasteiger partial charge < -0.3 is 4.43 Å². The Labute approximate surface area is 81.9 Å². The number of hydrogen-bond donors (Lipinski definition) is 0. The third-order valence-corrected chi connectivity index (χ3v) is 2.49. The second kappa shape index (κ2) is 3.96. The molecular formula is C11H17OSi. The van der Waals surface area contributed by atoms with E-state index >= 15 is 0 Å². The van der Waals surface area contributed by atoms with Gasteiger partial charge in [0, 0.05) is 0 Å². The van der Waals surface area contributed by atoms with E-state index in [1.807, 2.05) is 19.1 Å². The maximum Gasteiger partial charge on any atom is 0.242 e. The van der Waals surface area contributed by atoms with Crippen LogP contribution in [0.15, 0.2) is 24.3 Å². The average molecular weight is 193 g/mol. The van der Waals surface area contributed by atoms with E-state index in [9.17, 15) is 0 Å². The summed E-state index contributed by atoms with van der Waals surface area (Å²) in [5.74, 6) is 0.991. The summed E-state index contributed by atoms with van der Waals surface area (Å²) in [5, 5.41) is 0. The van der Waals surface area contributed by atoms with Crippen molar-refractivity contribution in [1.82, 2.24) is 0 Å². The van der Waals surface area contributed by atoms with Crippen LogP contribution < -0.4 is 4.43 Å². The second-order valence-corrected chi connectivity index (χ2v) is 8.50. The van der Waals surface area contributed by atoms with Crippen molar-refractivity contribution in [1.29, 1.82) is 0 Å². The number of benzene rings is 1. The molecule has 1 radical (unpaired) electrons. The number of rotatable bonds is 3. The quantitative estimate of drug-likeness (QED) is 0.668. The van der Waals surface area contributed by atoms with Gasteiger partial charge in [0.25, 0.3) is 0 Å². The number of hydrogen-bond acceptors (Lipinski definition) is 1. The molecule has 13 heavy (non-hydrogen) atoms. The first kappa shape index (κ1) is 10.3. The van der Waals surface area contributed by atoms with Crippen molar-refractivity contribution in [3.8, 4) is 5.75 Å². The minimum Gasteiger partial charge on any atom is -0.544 e. The zero-order valence-electron chi connectivity index (χ0n) is 8.79. The summed E-state index contributed by atoms with van der Waals surface area (Å²) in [6.07, 6.45) is 2.08. The van der Waals surface area contributed by atoms with Gasteiger partial charge in [-0.15, -0.1) is 0 Å². The Kier molecular flexibility index (Phi) is 3.15. The highest BCUT2D eigenvalue weighted by atomic mass is 28.4. The molecule has 0 unspecified atom stereocenters. The fourth-order valence-corrected chi connectivity index (χ4v) is 1.93. The average Bonchev–Trinajstić information content (AvgIpc) is 2.03. The minimum atomic E-state index is -1.44. The third kappa shape index (κ3) is 3.64. The summed E-state index contributed by atoms with van der Waals surface area (Å²) in [4.78, 5) is 0. The SMILES string of the molecule is C[CH]c1ccc(O[Si](C)(C)C)cc1. The van der Waals surface area contributed by atoms with Gasteiger partial charge in [-0.05, 0) is 43.8 Å². The van der Waals surface area contributed by atoms with Gasteiger partial charge in [0.15, 0.2) is 0 Å². The van der Waals surface area contributed by atoms with E-state index < -0.39 is 8.32 Å². The summed E-state index contributed by atoms with van der Waals surface area (Å²) in [5.41, 5.74) is 1.24. The summed E-state index contributed by atoms with van der Waals surface area (Å²) >= 11 is 0. The van der Waals surface area contributed by atoms with Crippen LogP contribution in [0.2, 0.25) is 19.6 Å². The first-order valence-corrected chi connectivity index (χ1v) is 8.00. The minimum absolute atomic E-state index is 0.991. The Hall–Kier alpha value is -0.763. The van der Waals surface area contributed by atoms with Crippen LogP contribution in [0.1, 0.15) is 12.5 Å². The lowest BCUT2D eigenvalue weighted by atomic mass is 10.2. The van der Waals surface area contributed by atoms with Gasteiger partial charge >= 0.3 is 0 Å². The summed E-state index contributed by atoms with van der Waals surface area (Å²) < 4.78 is 5.83. The molecule has 0 N–H and O–H groups in total. The molecule has 1 aromatic carbocycles. The summed E-state index contributed by atoms with van der Waals surface area (Å²) in [6, 6.07) is 8.23. The molecule has 0 atom stereocenters. The Balaban J connectivity index is 2.70. The van der Waals surface area contributed by atoms with Crippen molar-refractivity contribution < 1.29 is 4.43 Å². The molecule has 1 rings (SSSR count). The van der Waals surface area contributed by atoms with Crippen molar-refractivity contribution in [2.45, 2.75) is 26.6 Å². The molecule has 1 nitrogen and oxygen atoms in total. The zero-order chi connectivity index (χ0) is 9.90. The highest BCUT2D eigenvalue weighted by molar-refractivity contribution is 6.70. The Morgan fingerprint density at radius 2 is 1.62 bits per heavy atom. The lowest BCUT2D eigenvalue weighted by molar-refractivity contribution is 0.557. The van der Waals surface area contributed by atoms with E-state index in [0.29, 0.717) is 0 Å². The van der Waals surface area contributed by atoms with Gasteiger partial charge in [-0.3, -0.25) is 0 Å². The van der Waals surface area contributed by atoms with Crippen molar-refractivity contribution in [3.63, 3.8) is 0 Å². The molecule has 0 fully saturated rings. The van der Waals surface area contributed by atoms with Gasteiger partial charge in [-0.2, -0.15) is 0 Å². The van der Waals surface area contributed by atoms with Crippen molar-refractivity contribution in [3.05, 3.63) is 36.2 Å². The van der Waals surface area contributed by atoms with Crippen LogP contribution in [-0.4, -0.2) is 8.32 Å². The van der Waals surface area contributed by atoms with E-state index in [2.05, 4.69) is 38.2 Å². The van der Waals surface area contributed by atoms with Crippen LogP contribution in [0.25, 0.3) is 0 Å². The fraction of sp³-hybridized carbons (Fsp3) is 0.364. The van der Waals surface area contributed by atoms with Crippen molar-refractivity contribution in [2.75, 3.05) is 0 Å².